The topological polar surface area (TPSA) is 191 Å². The minimum absolute atomic E-state index is 0.114. The Morgan fingerprint density at radius 1 is 1.29 bits per heavy atom. The summed E-state index contributed by atoms with van der Waals surface area (Å²) < 4.78 is 22.1. The maximum atomic E-state index is 12.5. The third-order valence-corrected chi connectivity index (χ3v) is 4.47. The van der Waals surface area contributed by atoms with Gasteiger partial charge in [-0.2, -0.15) is 4.98 Å². The third-order valence-electron chi connectivity index (χ3n) is 4.47. The molecule has 5 atom stereocenters. The molecule has 3 rings (SSSR count). The van der Waals surface area contributed by atoms with E-state index in [-0.39, 0.29) is 18.3 Å². The maximum absolute atomic E-state index is 12.5. The number of rotatable bonds is 8. The van der Waals surface area contributed by atoms with Crippen LogP contribution in [0.2, 0.25) is 0 Å². The van der Waals surface area contributed by atoms with Crippen molar-refractivity contribution in [1.29, 1.82) is 0 Å². The van der Waals surface area contributed by atoms with E-state index in [1.54, 1.807) is 13.8 Å². The van der Waals surface area contributed by atoms with Crippen molar-refractivity contribution < 1.29 is 43.3 Å². The first-order valence-corrected chi connectivity index (χ1v) is 9.33. The third kappa shape index (κ3) is 4.92. The Morgan fingerprint density at radius 2 is 2.00 bits per heavy atom. The maximum Gasteiger partial charge on any atom is 0.509 e. The summed E-state index contributed by atoms with van der Waals surface area (Å²) in [5, 5.41) is 8.80. The molecule has 1 aromatic heterocycles. The molecule has 31 heavy (non-hydrogen) atoms. The number of esters is 1. The minimum Gasteiger partial charge on any atom is -0.463 e. The van der Waals surface area contributed by atoms with Gasteiger partial charge in [-0.1, -0.05) is 13.8 Å². The second kappa shape index (κ2) is 9.28. The first kappa shape index (κ1) is 22.5. The van der Waals surface area contributed by atoms with Crippen LogP contribution in [0.1, 0.15) is 20.1 Å². The standard InChI is InChI=1S/C17H22N4O10/c1-7(2)14(23)27-6-9-11-12(30-17(26)29-11)13(28-9)21-4-3-10(19-16(21)25)20-31-15(24)8(18)5-22/h3-4,7-9,11-13,22H,5-6,18H2,1-2H3,(H,19,20,25)/t8-,9-,11-,12-,13-/m1/s1. The molecule has 0 saturated carbocycles. The Labute approximate surface area is 175 Å². The number of nitrogens with one attached hydrogen (secondary N) is 1. The molecule has 2 saturated heterocycles. The molecule has 14 heteroatoms. The van der Waals surface area contributed by atoms with Crippen LogP contribution in [0.25, 0.3) is 0 Å². The number of hydrogen-bond donors (Lipinski definition) is 3. The first-order valence-electron chi connectivity index (χ1n) is 9.33. The predicted molar refractivity (Wildman–Crippen MR) is 98.1 cm³/mol. The van der Waals surface area contributed by atoms with E-state index in [9.17, 15) is 19.2 Å². The Balaban J connectivity index is 1.71. The highest BCUT2D eigenvalue weighted by Gasteiger charge is 2.55. The van der Waals surface area contributed by atoms with E-state index in [1.807, 2.05) is 0 Å². The molecule has 0 bridgehead atoms. The fourth-order valence-corrected chi connectivity index (χ4v) is 2.83. The molecule has 1 aromatic rings. The lowest BCUT2D eigenvalue weighted by Crippen LogP contribution is -2.37. The van der Waals surface area contributed by atoms with Crippen LogP contribution >= 0.6 is 0 Å². The number of aliphatic hydroxyl groups is 1. The number of anilines is 1. The zero-order valence-corrected chi connectivity index (χ0v) is 16.6. The summed E-state index contributed by atoms with van der Waals surface area (Å²) >= 11 is 0. The molecule has 0 radical (unpaired) electrons. The normalized spacial score (nSPS) is 25.4. The number of hydrogen-bond acceptors (Lipinski definition) is 13. The molecular weight excluding hydrogens is 420 g/mol. The van der Waals surface area contributed by atoms with Crippen molar-refractivity contribution in [1.82, 2.24) is 9.55 Å². The highest BCUT2D eigenvalue weighted by molar-refractivity contribution is 5.76. The van der Waals surface area contributed by atoms with Gasteiger partial charge >= 0.3 is 23.8 Å². The van der Waals surface area contributed by atoms with Gasteiger partial charge in [0.15, 0.2) is 24.3 Å². The van der Waals surface area contributed by atoms with Crippen molar-refractivity contribution >= 4 is 23.9 Å². The number of carbonyl (C=O) groups is 3. The van der Waals surface area contributed by atoms with E-state index >= 15 is 0 Å². The fraction of sp³-hybridized carbons (Fsp3) is 0.588. The number of aliphatic hydroxyl groups excluding tert-OH is 1. The van der Waals surface area contributed by atoms with Gasteiger partial charge in [0, 0.05) is 12.3 Å². The number of nitrogens with zero attached hydrogens (tertiary/aromatic N) is 2. The number of ether oxygens (including phenoxy) is 4. The van der Waals surface area contributed by atoms with Gasteiger partial charge in [0.2, 0.25) is 0 Å². The van der Waals surface area contributed by atoms with Crippen molar-refractivity contribution in [2.45, 2.75) is 44.4 Å². The summed E-state index contributed by atoms with van der Waals surface area (Å²) in [6.45, 7) is 2.51. The van der Waals surface area contributed by atoms with Crippen LogP contribution in [0.5, 0.6) is 0 Å². The van der Waals surface area contributed by atoms with Gasteiger partial charge in [0.25, 0.3) is 0 Å². The van der Waals surface area contributed by atoms with Gasteiger partial charge < -0.3 is 34.6 Å². The van der Waals surface area contributed by atoms with Gasteiger partial charge in [-0.25, -0.2) is 19.9 Å². The van der Waals surface area contributed by atoms with Crippen LogP contribution in [0.3, 0.4) is 0 Å². The van der Waals surface area contributed by atoms with Crippen molar-refractivity contribution in [3.05, 3.63) is 22.7 Å². The summed E-state index contributed by atoms with van der Waals surface area (Å²) in [4.78, 5) is 55.5. The lowest BCUT2D eigenvalue weighted by atomic mass is 10.1. The van der Waals surface area contributed by atoms with Crippen LogP contribution in [0.4, 0.5) is 10.6 Å². The Kier molecular flexibility index (Phi) is 6.72. The van der Waals surface area contributed by atoms with Crippen LogP contribution < -0.4 is 16.9 Å². The molecule has 2 aliphatic heterocycles. The average Bonchev–Trinajstić information content (AvgIpc) is 3.27. The number of nitrogens with two attached hydrogens (primary N) is 1. The molecule has 0 amide bonds. The Hall–Kier alpha value is -3.23. The minimum atomic E-state index is -1.25. The second-order valence-electron chi connectivity index (χ2n) is 7.08. The molecule has 14 nitrogen and oxygen atoms in total. The van der Waals surface area contributed by atoms with Gasteiger partial charge in [-0.05, 0) is 0 Å². The Morgan fingerprint density at radius 3 is 2.65 bits per heavy atom. The van der Waals surface area contributed by atoms with Gasteiger partial charge in [0.05, 0.1) is 12.5 Å². The molecule has 0 unspecified atom stereocenters. The molecule has 2 fully saturated rings. The average molecular weight is 442 g/mol. The lowest BCUT2D eigenvalue weighted by Gasteiger charge is -2.18. The van der Waals surface area contributed by atoms with Crippen molar-refractivity contribution in [3.63, 3.8) is 0 Å². The predicted octanol–water partition coefficient (Wildman–Crippen LogP) is -1.57. The largest absolute Gasteiger partial charge is 0.509 e. The molecule has 4 N–H and O–H groups in total. The van der Waals surface area contributed by atoms with E-state index in [4.69, 9.17) is 29.8 Å². The van der Waals surface area contributed by atoms with Crippen molar-refractivity contribution in [2.24, 2.45) is 11.7 Å². The zero-order valence-electron chi connectivity index (χ0n) is 16.6. The molecular formula is C17H22N4O10. The molecule has 0 spiro atoms. The molecule has 170 valence electrons. The van der Waals surface area contributed by atoms with E-state index in [0.717, 1.165) is 4.57 Å². The summed E-state index contributed by atoms with van der Waals surface area (Å²) in [6.07, 6.45) is -3.45. The summed E-state index contributed by atoms with van der Waals surface area (Å²) in [5.74, 6) is -1.89. The SMILES string of the molecule is CC(C)C(=O)OC[C@H]1O[C@@H](n2ccc(NOC(=O)[C@H](N)CO)nc2=O)[C@@H]2OC(=O)O[C@@H]21. The van der Waals surface area contributed by atoms with Crippen LogP contribution in [0, 0.1) is 5.92 Å². The van der Waals surface area contributed by atoms with Crippen LogP contribution in [-0.2, 0) is 33.4 Å². The summed E-state index contributed by atoms with van der Waals surface area (Å²) in [7, 11) is 0. The van der Waals surface area contributed by atoms with E-state index in [1.165, 1.54) is 12.3 Å². The van der Waals surface area contributed by atoms with Gasteiger partial charge in [-0.15, -0.1) is 0 Å². The molecule has 0 aromatic carbocycles. The summed E-state index contributed by atoms with van der Waals surface area (Å²) in [5.41, 5.74) is 6.63. The quantitative estimate of drug-likeness (QED) is 0.238. The van der Waals surface area contributed by atoms with Crippen LogP contribution in [0.15, 0.2) is 17.1 Å². The van der Waals surface area contributed by atoms with E-state index in [2.05, 4.69) is 15.3 Å². The number of carbonyl (C=O) groups excluding carboxylic acids is 3. The number of aromatic nitrogens is 2. The lowest BCUT2D eigenvalue weighted by molar-refractivity contribution is -0.154. The molecule has 2 aliphatic rings. The zero-order chi connectivity index (χ0) is 22.7. The van der Waals surface area contributed by atoms with E-state index < -0.39 is 61.0 Å². The van der Waals surface area contributed by atoms with Crippen molar-refractivity contribution in [2.75, 3.05) is 18.7 Å². The smallest absolute Gasteiger partial charge is 0.463 e. The van der Waals surface area contributed by atoms with Gasteiger partial charge in [0.1, 0.15) is 18.8 Å². The van der Waals surface area contributed by atoms with Gasteiger partial charge in [-0.3, -0.25) is 9.36 Å². The molecule has 0 aliphatic carbocycles. The van der Waals surface area contributed by atoms with Crippen molar-refractivity contribution in [3.8, 4) is 0 Å². The first-order chi connectivity index (χ1) is 14.7. The fourth-order valence-electron chi connectivity index (χ4n) is 2.83. The van der Waals surface area contributed by atoms with E-state index in [0.29, 0.717) is 0 Å². The number of fused-ring (bicyclic) bond motifs is 1. The summed E-state index contributed by atoms with van der Waals surface area (Å²) in [6, 6.07) is 0.0387. The highest BCUT2D eigenvalue weighted by Crippen LogP contribution is 2.37. The highest BCUT2D eigenvalue weighted by atomic mass is 16.8. The Bertz CT molecular complexity index is 903. The molecule has 3 heterocycles. The second-order valence-corrected chi connectivity index (χ2v) is 7.08. The monoisotopic (exact) mass is 442 g/mol. The van der Waals surface area contributed by atoms with Crippen LogP contribution in [-0.4, -0.2) is 70.3 Å².